The van der Waals surface area contributed by atoms with E-state index in [1.165, 1.54) is 10.7 Å². The molecular weight excluding hydrogens is 154 g/mol. The van der Waals surface area contributed by atoms with Gasteiger partial charge in [0, 0.05) is 12.6 Å². The summed E-state index contributed by atoms with van der Waals surface area (Å²) in [7, 11) is 0. The Hall–Kier alpha value is -1.50. The summed E-state index contributed by atoms with van der Waals surface area (Å²) in [5, 5.41) is 11.2. The van der Waals surface area contributed by atoms with Crippen LogP contribution in [-0.4, -0.2) is 9.78 Å². The molecule has 1 heterocycles. The molecule has 12 heavy (non-hydrogen) atoms. The molecule has 0 spiro atoms. The van der Waals surface area contributed by atoms with Crippen molar-refractivity contribution in [3.8, 4) is 6.07 Å². The van der Waals surface area contributed by atoms with E-state index in [0.717, 1.165) is 0 Å². The molecule has 0 aliphatic heterocycles. The van der Waals surface area contributed by atoms with Gasteiger partial charge in [0.25, 0.3) is 5.56 Å². The van der Waals surface area contributed by atoms with Crippen molar-refractivity contribution in [1.29, 1.82) is 5.26 Å². The third-order valence-electron chi connectivity index (χ3n) is 1.46. The van der Waals surface area contributed by atoms with Crippen LogP contribution in [0.15, 0.2) is 10.9 Å². The lowest BCUT2D eigenvalue weighted by Crippen LogP contribution is -2.18. The van der Waals surface area contributed by atoms with Crippen LogP contribution in [0.25, 0.3) is 0 Å². The highest BCUT2D eigenvalue weighted by molar-refractivity contribution is 5.16. The van der Waals surface area contributed by atoms with Gasteiger partial charge >= 0.3 is 0 Å². The number of rotatable bonds is 2. The van der Waals surface area contributed by atoms with E-state index < -0.39 is 0 Å². The van der Waals surface area contributed by atoms with Crippen LogP contribution < -0.4 is 5.56 Å². The van der Waals surface area contributed by atoms with Crippen molar-refractivity contribution >= 4 is 0 Å². The molecule has 1 N–H and O–H groups in total. The predicted octanol–water partition coefficient (Wildman–Crippen LogP) is 0.704. The summed E-state index contributed by atoms with van der Waals surface area (Å²) in [5.74, 6) is 0.396. The lowest BCUT2D eigenvalue weighted by molar-refractivity contribution is 0.472. The monoisotopic (exact) mass is 165 g/mol. The first kappa shape index (κ1) is 8.60. The molecule has 0 aliphatic rings. The minimum absolute atomic E-state index is 0.139. The van der Waals surface area contributed by atoms with Crippen molar-refractivity contribution in [1.82, 2.24) is 9.78 Å². The van der Waals surface area contributed by atoms with E-state index in [1.54, 1.807) is 0 Å². The van der Waals surface area contributed by atoms with Crippen LogP contribution in [0, 0.1) is 17.2 Å². The summed E-state index contributed by atoms with van der Waals surface area (Å²) in [5.41, 5.74) is 0.181. The molecule has 64 valence electrons. The molecule has 0 amide bonds. The second-order valence-corrected chi connectivity index (χ2v) is 3.12. The summed E-state index contributed by atoms with van der Waals surface area (Å²) in [4.78, 5) is 11.1. The minimum atomic E-state index is -0.139. The third-order valence-corrected chi connectivity index (χ3v) is 1.46. The Morgan fingerprint density at radius 1 is 1.75 bits per heavy atom. The average Bonchev–Trinajstić information content (AvgIpc) is 2.31. The Morgan fingerprint density at radius 2 is 2.42 bits per heavy atom. The molecule has 0 saturated carbocycles. The van der Waals surface area contributed by atoms with Crippen molar-refractivity contribution in [2.24, 2.45) is 5.92 Å². The number of nitriles is 1. The Balaban J connectivity index is 2.95. The van der Waals surface area contributed by atoms with Gasteiger partial charge in [-0.05, 0) is 5.92 Å². The van der Waals surface area contributed by atoms with Gasteiger partial charge in [0.15, 0.2) is 0 Å². The van der Waals surface area contributed by atoms with Gasteiger partial charge in [-0.15, -0.1) is 0 Å². The maximum atomic E-state index is 11.1. The summed E-state index contributed by atoms with van der Waals surface area (Å²) in [6, 6.07) is 3.19. The fourth-order valence-electron chi connectivity index (χ4n) is 0.992. The highest BCUT2D eigenvalue weighted by Crippen LogP contribution is 1.95. The van der Waals surface area contributed by atoms with Crippen molar-refractivity contribution in [3.05, 3.63) is 22.1 Å². The van der Waals surface area contributed by atoms with Crippen LogP contribution in [0.4, 0.5) is 0 Å². The largest absolute Gasteiger partial charge is 0.285 e. The number of nitrogens with zero attached hydrogens (tertiary/aromatic N) is 2. The number of aromatic nitrogens is 2. The molecule has 0 bridgehead atoms. The number of hydrogen-bond acceptors (Lipinski definition) is 2. The Labute approximate surface area is 70.4 Å². The van der Waals surface area contributed by atoms with Gasteiger partial charge in [-0.1, -0.05) is 13.8 Å². The number of aromatic amines is 1. The highest BCUT2D eigenvalue weighted by Gasteiger charge is 2.02. The first-order valence-electron chi connectivity index (χ1n) is 3.83. The summed E-state index contributed by atoms with van der Waals surface area (Å²) in [6.45, 7) is 4.65. The Morgan fingerprint density at radius 3 is 2.83 bits per heavy atom. The molecule has 0 saturated heterocycles. The molecule has 0 atom stereocenters. The standard InChI is InChI=1S/C8H11N3O/c1-6(2)5-11-8(12)3-7(4-9)10-11/h3,6,10H,5H2,1-2H3. The van der Waals surface area contributed by atoms with E-state index in [2.05, 4.69) is 5.10 Å². The van der Waals surface area contributed by atoms with E-state index in [9.17, 15) is 4.79 Å². The topological polar surface area (TPSA) is 61.6 Å². The molecule has 1 aromatic heterocycles. The minimum Gasteiger partial charge on any atom is -0.285 e. The van der Waals surface area contributed by atoms with E-state index in [0.29, 0.717) is 18.2 Å². The number of nitrogens with one attached hydrogen (secondary N) is 1. The second kappa shape index (κ2) is 3.26. The first-order chi connectivity index (χ1) is 5.63. The van der Waals surface area contributed by atoms with E-state index in [1.807, 2.05) is 19.9 Å². The van der Waals surface area contributed by atoms with E-state index >= 15 is 0 Å². The van der Waals surface area contributed by atoms with Gasteiger partial charge in [-0.25, -0.2) is 0 Å². The molecule has 0 aromatic carbocycles. The van der Waals surface area contributed by atoms with Crippen LogP contribution in [0.3, 0.4) is 0 Å². The predicted molar refractivity (Wildman–Crippen MR) is 44.6 cm³/mol. The summed E-state index contributed by atoms with van der Waals surface area (Å²) in [6.07, 6.45) is 0. The van der Waals surface area contributed by atoms with Crippen molar-refractivity contribution < 1.29 is 0 Å². The molecule has 0 fully saturated rings. The molecule has 1 rings (SSSR count). The van der Waals surface area contributed by atoms with Crippen molar-refractivity contribution in [2.45, 2.75) is 20.4 Å². The lowest BCUT2D eigenvalue weighted by Gasteiger charge is -2.03. The first-order valence-corrected chi connectivity index (χ1v) is 3.83. The zero-order valence-corrected chi connectivity index (χ0v) is 7.16. The van der Waals surface area contributed by atoms with Crippen LogP contribution in [0.1, 0.15) is 19.5 Å². The van der Waals surface area contributed by atoms with Gasteiger partial charge in [-0.3, -0.25) is 14.6 Å². The van der Waals surface area contributed by atoms with Gasteiger partial charge in [0.1, 0.15) is 11.8 Å². The van der Waals surface area contributed by atoms with Crippen LogP contribution >= 0.6 is 0 Å². The van der Waals surface area contributed by atoms with Crippen molar-refractivity contribution in [2.75, 3.05) is 0 Å². The highest BCUT2D eigenvalue weighted by atomic mass is 16.1. The normalized spacial score (nSPS) is 10.2. The molecule has 1 aromatic rings. The Bertz CT molecular complexity index is 353. The third kappa shape index (κ3) is 1.76. The molecular formula is C8H11N3O. The zero-order chi connectivity index (χ0) is 9.14. The fraction of sp³-hybridized carbons (Fsp3) is 0.500. The van der Waals surface area contributed by atoms with Crippen LogP contribution in [0.2, 0.25) is 0 Å². The van der Waals surface area contributed by atoms with Crippen molar-refractivity contribution in [3.63, 3.8) is 0 Å². The molecule has 0 aliphatic carbocycles. The average molecular weight is 165 g/mol. The number of hydrogen-bond donors (Lipinski definition) is 1. The van der Waals surface area contributed by atoms with Gasteiger partial charge in [0.05, 0.1) is 0 Å². The van der Waals surface area contributed by atoms with E-state index in [4.69, 9.17) is 5.26 Å². The fourth-order valence-corrected chi connectivity index (χ4v) is 0.992. The molecule has 4 heteroatoms. The molecule has 0 radical (unpaired) electrons. The zero-order valence-electron chi connectivity index (χ0n) is 7.16. The number of H-pyrrole nitrogens is 1. The summed E-state index contributed by atoms with van der Waals surface area (Å²) >= 11 is 0. The SMILES string of the molecule is CC(C)Cn1[nH]c(C#N)cc1=O. The van der Waals surface area contributed by atoms with Gasteiger partial charge in [0.2, 0.25) is 0 Å². The summed E-state index contributed by atoms with van der Waals surface area (Å²) < 4.78 is 1.45. The molecule has 4 nitrogen and oxygen atoms in total. The van der Waals surface area contributed by atoms with E-state index in [-0.39, 0.29) is 5.56 Å². The molecule has 0 unspecified atom stereocenters. The second-order valence-electron chi connectivity index (χ2n) is 3.12. The maximum Gasteiger partial charge on any atom is 0.267 e. The Kier molecular flexibility index (Phi) is 2.34. The van der Waals surface area contributed by atoms with Crippen LogP contribution in [0.5, 0.6) is 0 Å². The lowest BCUT2D eigenvalue weighted by atomic mass is 10.2. The maximum absolute atomic E-state index is 11.1. The van der Waals surface area contributed by atoms with Gasteiger partial charge in [-0.2, -0.15) is 5.26 Å². The van der Waals surface area contributed by atoms with Crippen LogP contribution in [-0.2, 0) is 6.54 Å². The smallest absolute Gasteiger partial charge is 0.267 e. The quantitative estimate of drug-likeness (QED) is 0.701. The van der Waals surface area contributed by atoms with Gasteiger partial charge < -0.3 is 0 Å².